The first-order chi connectivity index (χ1) is 9.47. The Morgan fingerprint density at radius 1 is 1.30 bits per heavy atom. The molecule has 0 fully saturated rings. The van der Waals surface area contributed by atoms with E-state index in [-0.39, 0.29) is 5.69 Å². The van der Waals surface area contributed by atoms with E-state index in [2.05, 4.69) is 0 Å². The van der Waals surface area contributed by atoms with Gasteiger partial charge < -0.3 is 14.5 Å². The lowest BCUT2D eigenvalue weighted by Gasteiger charge is -2.25. The van der Waals surface area contributed by atoms with Crippen LogP contribution in [0.1, 0.15) is 19.4 Å². The maximum atomic E-state index is 11.5. The molecule has 0 bridgehead atoms. The minimum Gasteiger partial charge on any atom is -0.595 e. The van der Waals surface area contributed by atoms with Gasteiger partial charge in [0.1, 0.15) is 11.3 Å². The fourth-order valence-corrected chi connectivity index (χ4v) is 2.35. The van der Waals surface area contributed by atoms with Gasteiger partial charge in [0.15, 0.2) is 5.69 Å². The molecule has 0 saturated carbocycles. The van der Waals surface area contributed by atoms with Crippen molar-refractivity contribution in [3.05, 3.63) is 39.4 Å². The molecule has 6 heteroatoms. The van der Waals surface area contributed by atoms with Crippen LogP contribution in [0.5, 0.6) is 0 Å². The van der Waals surface area contributed by atoms with Gasteiger partial charge in [-0.2, -0.15) is 5.23 Å². The van der Waals surface area contributed by atoms with Gasteiger partial charge in [0.05, 0.1) is 0 Å². The fourth-order valence-electron chi connectivity index (χ4n) is 2.35. The van der Waals surface area contributed by atoms with Gasteiger partial charge in [-0.1, -0.05) is 0 Å². The van der Waals surface area contributed by atoms with Crippen LogP contribution in [0.15, 0.2) is 27.4 Å². The number of hydrogen-bond acceptors (Lipinski definition) is 5. The molecular formula is C14H18N2O4. The van der Waals surface area contributed by atoms with Crippen molar-refractivity contribution in [2.45, 2.75) is 20.8 Å². The maximum Gasteiger partial charge on any atom is 0.336 e. The molecule has 20 heavy (non-hydrogen) atoms. The van der Waals surface area contributed by atoms with Crippen molar-refractivity contribution in [2.24, 2.45) is 0 Å². The summed E-state index contributed by atoms with van der Waals surface area (Å²) in [6.07, 6.45) is 0. The summed E-state index contributed by atoms with van der Waals surface area (Å²) in [6.45, 7) is 7.02. The second-order valence-corrected chi connectivity index (χ2v) is 4.59. The molecule has 1 heterocycles. The third-order valence-corrected chi connectivity index (χ3v) is 3.40. The minimum absolute atomic E-state index is 0.221. The summed E-state index contributed by atoms with van der Waals surface area (Å²) in [6, 6.07) is 4.58. The van der Waals surface area contributed by atoms with Crippen molar-refractivity contribution in [3.63, 3.8) is 0 Å². The summed E-state index contributed by atoms with van der Waals surface area (Å²) in [5, 5.41) is 20.5. The summed E-state index contributed by atoms with van der Waals surface area (Å²) in [5.74, 6) is 0. The number of rotatable bonds is 4. The van der Waals surface area contributed by atoms with Gasteiger partial charge in [-0.3, -0.25) is 0 Å². The summed E-state index contributed by atoms with van der Waals surface area (Å²) in [4.78, 5) is 13.4. The average Bonchev–Trinajstić information content (AvgIpc) is 2.38. The summed E-state index contributed by atoms with van der Waals surface area (Å²) >= 11 is 0. The third-order valence-electron chi connectivity index (χ3n) is 3.40. The van der Waals surface area contributed by atoms with Crippen molar-refractivity contribution in [3.8, 4) is 0 Å². The Morgan fingerprint density at radius 3 is 2.50 bits per heavy atom. The number of aryl methyl sites for hydroxylation is 1. The summed E-state index contributed by atoms with van der Waals surface area (Å²) < 4.78 is 5.18. The van der Waals surface area contributed by atoms with Crippen LogP contribution in [-0.2, 0) is 0 Å². The van der Waals surface area contributed by atoms with E-state index in [0.29, 0.717) is 35.3 Å². The highest BCUT2D eigenvalue weighted by Crippen LogP contribution is 2.29. The third kappa shape index (κ3) is 2.53. The molecule has 1 unspecified atom stereocenters. The van der Waals surface area contributed by atoms with Crippen molar-refractivity contribution in [1.82, 2.24) is 0 Å². The smallest absolute Gasteiger partial charge is 0.336 e. The minimum atomic E-state index is -0.987. The molecule has 1 aromatic carbocycles. The predicted octanol–water partition coefficient (Wildman–Crippen LogP) is 1.35. The normalized spacial score (nSPS) is 12.7. The molecule has 0 radical (unpaired) electrons. The van der Waals surface area contributed by atoms with Crippen molar-refractivity contribution in [1.29, 1.82) is 0 Å². The predicted molar refractivity (Wildman–Crippen MR) is 76.6 cm³/mol. The van der Waals surface area contributed by atoms with Gasteiger partial charge >= 0.3 is 5.63 Å². The second kappa shape index (κ2) is 5.62. The van der Waals surface area contributed by atoms with Crippen LogP contribution in [0.25, 0.3) is 11.0 Å². The van der Waals surface area contributed by atoms with Crippen molar-refractivity contribution in [2.75, 3.05) is 18.0 Å². The maximum absolute atomic E-state index is 11.5. The first kappa shape index (κ1) is 14.5. The zero-order valence-corrected chi connectivity index (χ0v) is 11.8. The van der Waals surface area contributed by atoms with Gasteiger partial charge in [0.25, 0.3) is 0 Å². The quantitative estimate of drug-likeness (QED) is 0.652. The Hall–Kier alpha value is -1.89. The van der Waals surface area contributed by atoms with Crippen LogP contribution in [0.4, 0.5) is 11.4 Å². The average molecular weight is 278 g/mol. The highest BCUT2D eigenvalue weighted by Gasteiger charge is 2.17. The Balaban J connectivity index is 2.78. The fraction of sp³-hybridized carbons (Fsp3) is 0.357. The number of benzene rings is 1. The summed E-state index contributed by atoms with van der Waals surface area (Å²) in [5.41, 5.74) is 1.50. The van der Waals surface area contributed by atoms with Crippen LogP contribution < -0.4 is 15.8 Å². The van der Waals surface area contributed by atoms with E-state index in [4.69, 9.17) is 4.42 Å². The number of fused-ring (bicyclic) bond motifs is 1. The molecule has 0 aliphatic carbocycles. The highest BCUT2D eigenvalue weighted by atomic mass is 16.8. The van der Waals surface area contributed by atoms with Crippen LogP contribution in [0, 0.1) is 12.1 Å². The number of nitrogens with zero attached hydrogens (tertiary/aromatic N) is 1. The van der Waals surface area contributed by atoms with Crippen molar-refractivity contribution >= 4 is 22.3 Å². The standard InChI is InChI=1S/C14H18N2O4/c1-4-15(5-2)11-8-13-10(7-12(11)16(18)19)9(3)6-14(17)20-13/h6-8,16,18H,4-5H2,1-3H3. The van der Waals surface area contributed by atoms with E-state index < -0.39 is 10.9 Å². The molecule has 6 nitrogen and oxygen atoms in total. The van der Waals surface area contributed by atoms with Crippen LogP contribution in [-0.4, -0.2) is 18.3 Å². The van der Waals surface area contributed by atoms with E-state index in [1.165, 1.54) is 6.07 Å². The molecule has 0 spiro atoms. The number of anilines is 1. The molecule has 1 atom stereocenters. The molecule has 2 rings (SSSR count). The molecule has 0 aliphatic rings. The monoisotopic (exact) mass is 278 g/mol. The van der Waals surface area contributed by atoms with E-state index >= 15 is 0 Å². The Morgan fingerprint density at radius 2 is 1.95 bits per heavy atom. The molecule has 1 aromatic heterocycles. The Kier molecular flexibility index (Phi) is 4.08. The van der Waals surface area contributed by atoms with Gasteiger partial charge in [-0.05, 0) is 26.3 Å². The number of nitrogens with one attached hydrogen (secondary N) is 1. The molecule has 2 N–H and O–H groups in total. The SMILES string of the molecule is CCN(CC)c1cc2oc(=O)cc(C)c2cc1[NH+]([O-])O. The Bertz CT molecular complexity index is 675. The lowest BCUT2D eigenvalue weighted by Crippen LogP contribution is -2.99. The van der Waals surface area contributed by atoms with Gasteiger partial charge in [0, 0.05) is 36.7 Å². The topological polar surface area (TPSA) is 81.2 Å². The second-order valence-electron chi connectivity index (χ2n) is 4.59. The van der Waals surface area contributed by atoms with Crippen LogP contribution in [0.2, 0.25) is 0 Å². The first-order valence-electron chi connectivity index (χ1n) is 6.54. The van der Waals surface area contributed by atoms with Gasteiger partial charge in [0.2, 0.25) is 0 Å². The number of quaternary nitrogens is 1. The molecule has 2 aromatic rings. The lowest BCUT2D eigenvalue weighted by atomic mass is 10.1. The van der Waals surface area contributed by atoms with E-state index in [1.807, 2.05) is 18.7 Å². The molecular weight excluding hydrogens is 260 g/mol. The van der Waals surface area contributed by atoms with Crippen molar-refractivity contribution < 1.29 is 14.9 Å². The van der Waals surface area contributed by atoms with E-state index in [9.17, 15) is 15.2 Å². The van der Waals surface area contributed by atoms with E-state index in [1.54, 1.807) is 19.1 Å². The molecule has 0 saturated heterocycles. The zero-order chi connectivity index (χ0) is 14.9. The molecule has 108 valence electrons. The van der Waals surface area contributed by atoms with Gasteiger partial charge in [-0.25, -0.2) is 10.0 Å². The first-order valence-corrected chi connectivity index (χ1v) is 6.54. The Labute approximate surface area is 116 Å². The molecule has 0 aliphatic heterocycles. The van der Waals surface area contributed by atoms with E-state index in [0.717, 1.165) is 0 Å². The van der Waals surface area contributed by atoms with Gasteiger partial charge in [-0.15, -0.1) is 0 Å². The molecule has 0 amide bonds. The zero-order valence-electron chi connectivity index (χ0n) is 11.8. The lowest BCUT2D eigenvalue weighted by molar-refractivity contribution is -0.990. The van der Waals surface area contributed by atoms with Crippen LogP contribution in [0.3, 0.4) is 0 Å². The summed E-state index contributed by atoms with van der Waals surface area (Å²) in [7, 11) is 0. The highest BCUT2D eigenvalue weighted by molar-refractivity contribution is 5.88. The number of hydrogen-bond donors (Lipinski definition) is 2. The van der Waals surface area contributed by atoms with Crippen LogP contribution >= 0.6 is 0 Å². The largest absolute Gasteiger partial charge is 0.595 e.